The van der Waals surface area contributed by atoms with Crippen molar-refractivity contribution in [3.8, 4) is 0 Å². The Hall–Kier alpha value is -2.98. The van der Waals surface area contributed by atoms with Gasteiger partial charge in [0.05, 0.1) is 6.54 Å². The summed E-state index contributed by atoms with van der Waals surface area (Å²) in [5.74, 6) is 0. The van der Waals surface area contributed by atoms with Crippen molar-refractivity contribution < 1.29 is 9.53 Å². The molecule has 6 heteroatoms. The predicted molar refractivity (Wildman–Crippen MR) is 106 cm³/mol. The van der Waals surface area contributed by atoms with E-state index in [1.165, 1.54) is 0 Å². The van der Waals surface area contributed by atoms with E-state index in [9.17, 15) is 4.79 Å². The Morgan fingerprint density at radius 1 is 1.00 bits per heavy atom. The van der Waals surface area contributed by atoms with Crippen LogP contribution in [0.4, 0.5) is 4.79 Å². The van der Waals surface area contributed by atoms with E-state index in [0.717, 1.165) is 11.1 Å². The maximum Gasteiger partial charge on any atom is 0.408 e. The van der Waals surface area contributed by atoms with Gasteiger partial charge >= 0.3 is 6.09 Å². The number of rotatable bonds is 7. The molecule has 0 aliphatic rings. The first-order chi connectivity index (χ1) is 12.8. The highest BCUT2D eigenvalue weighted by Crippen LogP contribution is 2.25. The molecule has 1 N–H and O–H groups in total. The SMILES string of the molecule is CC(C)(C)NC(=O)OC(CN=[N+]=[N-])(Cc1ccccc1)Cc1ccccc1. The lowest BCUT2D eigenvalue weighted by Crippen LogP contribution is -2.49. The van der Waals surface area contributed by atoms with E-state index in [4.69, 9.17) is 10.3 Å². The molecule has 27 heavy (non-hydrogen) atoms. The van der Waals surface area contributed by atoms with Crippen LogP contribution in [0.15, 0.2) is 65.8 Å². The van der Waals surface area contributed by atoms with E-state index in [0.29, 0.717) is 12.8 Å². The highest BCUT2D eigenvalue weighted by Gasteiger charge is 2.35. The number of ether oxygens (including phenoxy) is 1. The van der Waals surface area contributed by atoms with E-state index in [1.54, 1.807) is 0 Å². The number of azide groups is 1. The summed E-state index contributed by atoms with van der Waals surface area (Å²) in [7, 11) is 0. The normalized spacial score (nSPS) is 11.4. The Labute approximate surface area is 160 Å². The zero-order valence-electron chi connectivity index (χ0n) is 16.1. The van der Waals surface area contributed by atoms with Gasteiger partial charge in [0.2, 0.25) is 0 Å². The summed E-state index contributed by atoms with van der Waals surface area (Å²) < 4.78 is 5.91. The molecule has 0 aliphatic heterocycles. The second kappa shape index (κ2) is 9.10. The van der Waals surface area contributed by atoms with Crippen LogP contribution >= 0.6 is 0 Å². The molecule has 0 fully saturated rings. The molecule has 0 atom stereocenters. The Morgan fingerprint density at radius 3 is 1.89 bits per heavy atom. The molecule has 0 aliphatic carbocycles. The lowest BCUT2D eigenvalue weighted by Gasteiger charge is -2.34. The van der Waals surface area contributed by atoms with Crippen molar-refractivity contribution in [2.75, 3.05) is 6.54 Å². The molecule has 0 radical (unpaired) electrons. The van der Waals surface area contributed by atoms with Gasteiger partial charge in [0, 0.05) is 23.3 Å². The molecule has 0 heterocycles. The van der Waals surface area contributed by atoms with E-state index < -0.39 is 17.2 Å². The summed E-state index contributed by atoms with van der Waals surface area (Å²) in [4.78, 5) is 15.4. The predicted octanol–water partition coefficient (Wildman–Crippen LogP) is 5.05. The molecule has 1 amide bonds. The summed E-state index contributed by atoms with van der Waals surface area (Å²) in [6, 6.07) is 19.5. The molecular weight excluding hydrogens is 340 g/mol. The fourth-order valence-corrected chi connectivity index (χ4v) is 2.90. The lowest BCUT2D eigenvalue weighted by atomic mass is 9.87. The average Bonchev–Trinajstić information content (AvgIpc) is 2.60. The number of amides is 1. The first-order valence-electron chi connectivity index (χ1n) is 8.92. The molecule has 0 saturated carbocycles. The molecule has 0 bridgehead atoms. The number of hydrogen-bond acceptors (Lipinski definition) is 3. The fraction of sp³-hybridized carbons (Fsp3) is 0.381. The topological polar surface area (TPSA) is 87.1 Å². The fourth-order valence-electron chi connectivity index (χ4n) is 2.90. The van der Waals surface area contributed by atoms with Gasteiger partial charge in [0.25, 0.3) is 0 Å². The van der Waals surface area contributed by atoms with Gasteiger partial charge in [-0.1, -0.05) is 65.8 Å². The van der Waals surface area contributed by atoms with Gasteiger partial charge in [0.15, 0.2) is 0 Å². The zero-order valence-corrected chi connectivity index (χ0v) is 16.1. The molecule has 6 nitrogen and oxygen atoms in total. The Morgan fingerprint density at radius 2 is 1.48 bits per heavy atom. The zero-order chi connectivity index (χ0) is 19.8. The van der Waals surface area contributed by atoms with Crippen molar-refractivity contribution in [2.24, 2.45) is 5.11 Å². The average molecular weight is 366 g/mol. The number of carbonyl (C=O) groups is 1. The summed E-state index contributed by atoms with van der Waals surface area (Å²) in [6.07, 6.45) is 0.362. The van der Waals surface area contributed by atoms with Crippen LogP contribution in [-0.2, 0) is 17.6 Å². The van der Waals surface area contributed by atoms with Crippen LogP contribution in [0.3, 0.4) is 0 Å². The Balaban J connectivity index is 2.37. The van der Waals surface area contributed by atoms with Crippen molar-refractivity contribution in [1.29, 1.82) is 0 Å². The minimum atomic E-state index is -0.982. The van der Waals surface area contributed by atoms with E-state index >= 15 is 0 Å². The molecule has 2 rings (SSSR count). The smallest absolute Gasteiger partial charge is 0.408 e. The van der Waals surface area contributed by atoms with E-state index in [-0.39, 0.29) is 6.54 Å². The number of benzene rings is 2. The minimum absolute atomic E-state index is 0.0465. The summed E-state index contributed by atoms with van der Waals surface area (Å²) in [6.45, 7) is 5.71. The van der Waals surface area contributed by atoms with Crippen LogP contribution in [0.25, 0.3) is 10.4 Å². The quantitative estimate of drug-likeness (QED) is 0.422. The number of alkyl carbamates (subject to hydrolysis) is 1. The molecule has 2 aromatic rings. The van der Waals surface area contributed by atoms with Gasteiger partial charge < -0.3 is 10.1 Å². The second-order valence-corrected chi connectivity index (χ2v) is 7.66. The summed E-state index contributed by atoms with van der Waals surface area (Å²) in [5, 5.41) is 6.59. The second-order valence-electron chi connectivity index (χ2n) is 7.66. The van der Waals surface area contributed by atoms with E-state index in [2.05, 4.69) is 15.3 Å². The highest BCUT2D eigenvalue weighted by molar-refractivity contribution is 5.68. The number of nitrogens with zero attached hydrogens (tertiary/aromatic N) is 3. The molecule has 2 aromatic carbocycles. The van der Waals surface area contributed by atoms with Crippen LogP contribution in [-0.4, -0.2) is 23.8 Å². The molecule has 0 spiro atoms. The molecule has 0 unspecified atom stereocenters. The number of nitrogens with one attached hydrogen (secondary N) is 1. The largest absolute Gasteiger partial charge is 0.442 e. The van der Waals surface area contributed by atoms with Crippen molar-refractivity contribution in [1.82, 2.24) is 5.32 Å². The first-order valence-corrected chi connectivity index (χ1v) is 8.92. The lowest BCUT2D eigenvalue weighted by molar-refractivity contribution is 0.0143. The monoisotopic (exact) mass is 366 g/mol. The summed E-state index contributed by atoms with van der Waals surface area (Å²) in [5.41, 5.74) is 9.48. The third-order valence-electron chi connectivity index (χ3n) is 3.95. The molecule has 0 aromatic heterocycles. The van der Waals surface area contributed by atoms with Crippen LogP contribution < -0.4 is 5.32 Å². The summed E-state index contributed by atoms with van der Waals surface area (Å²) >= 11 is 0. The van der Waals surface area contributed by atoms with Crippen molar-refractivity contribution in [3.63, 3.8) is 0 Å². The van der Waals surface area contributed by atoms with E-state index in [1.807, 2.05) is 81.4 Å². The van der Waals surface area contributed by atoms with Crippen molar-refractivity contribution in [2.45, 2.75) is 44.8 Å². The standard InChI is InChI=1S/C21H26N4O2/c1-20(2,3)24-19(26)27-21(16-23-25-22,14-17-10-6-4-7-11-17)15-18-12-8-5-9-13-18/h4-13H,14-16H2,1-3H3,(H,24,26). The van der Waals surface area contributed by atoms with Gasteiger partial charge in [-0.3, -0.25) is 0 Å². The molecular formula is C21H26N4O2. The molecule has 0 saturated heterocycles. The first kappa shape index (κ1) is 20.3. The highest BCUT2D eigenvalue weighted by atomic mass is 16.6. The molecule has 142 valence electrons. The number of hydrogen-bond donors (Lipinski definition) is 1. The van der Waals surface area contributed by atoms with Gasteiger partial charge in [-0.05, 0) is 37.4 Å². The Bertz CT molecular complexity index is 737. The minimum Gasteiger partial charge on any atom is -0.442 e. The Kier molecular flexibility index (Phi) is 6.85. The van der Waals surface area contributed by atoms with Gasteiger partial charge in [0.1, 0.15) is 5.60 Å². The van der Waals surface area contributed by atoms with Crippen LogP contribution in [0.1, 0.15) is 31.9 Å². The van der Waals surface area contributed by atoms with Gasteiger partial charge in [-0.2, -0.15) is 0 Å². The van der Waals surface area contributed by atoms with Crippen molar-refractivity contribution in [3.05, 3.63) is 82.2 Å². The number of carbonyl (C=O) groups excluding carboxylic acids is 1. The maximum atomic E-state index is 12.5. The third-order valence-corrected chi connectivity index (χ3v) is 3.95. The van der Waals surface area contributed by atoms with Crippen LogP contribution in [0, 0.1) is 0 Å². The van der Waals surface area contributed by atoms with Gasteiger partial charge in [-0.15, -0.1) is 0 Å². The van der Waals surface area contributed by atoms with Crippen LogP contribution in [0.2, 0.25) is 0 Å². The van der Waals surface area contributed by atoms with Crippen LogP contribution in [0.5, 0.6) is 0 Å². The maximum absolute atomic E-state index is 12.5. The van der Waals surface area contributed by atoms with Crippen molar-refractivity contribution >= 4 is 6.09 Å². The third kappa shape index (κ3) is 7.04. The van der Waals surface area contributed by atoms with Gasteiger partial charge in [-0.25, -0.2) is 4.79 Å².